The highest BCUT2D eigenvalue weighted by Gasteiger charge is 2.13. The van der Waals surface area contributed by atoms with Gasteiger partial charge >= 0.3 is 5.97 Å². The molecule has 0 unspecified atom stereocenters. The molecular formula is C11H14BrNO3. The minimum Gasteiger partial charge on any atom is -0.465 e. The van der Waals surface area contributed by atoms with Crippen LogP contribution in [-0.4, -0.2) is 17.6 Å². The molecule has 0 saturated heterocycles. The lowest BCUT2D eigenvalue weighted by atomic mass is 10.2. The maximum Gasteiger partial charge on any atom is 0.343 e. The van der Waals surface area contributed by atoms with Crippen LogP contribution in [0.5, 0.6) is 0 Å². The Bertz CT molecular complexity index is 439. The molecule has 0 aliphatic carbocycles. The van der Waals surface area contributed by atoms with Gasteiger partial charge < -0.3 is 9.30 Å². The first-order valence-corrected chi connectivity index (χ1v) is 5.87. The molecule has 1 aromatic heterocycles. The summed E-state index contributed by atoms with van der Waals surface area (Å²) in [4.78, 5) is 23.2. The predicted octanol–water partition coefficient (Wildman–Crippen LogP) is 2.20. The monoisotopic (exact) mass is 287 g/mol. The zero-order valence-electron chi connectivity index (χ0n) is 9.33. The Kier molecular flexibility index (Phi) is 4.73. The van der Waals surface area contributed by atoms with Crippen LogP contribution in [-0.2, 0) is 11.3 Å². The topological polar surface area (TPSA) is 48.3 Å². The molecule has 0 atom stereocenters. The Morgan fingerprint density at radius 1 is 1.56 bits per heavy atom. The summed E-state index contributed by atoms with van der Waals surface area (Å²) in [5, 5.41) is 0. The summed E-state index contributed by atoms with van der Waals surface area (Å²) >= 11 is 3.27. The average molecular weight is 288 g/mol. The Balaban J connectivity index is 3.16. The maximum absolute atomic E-state index is 11.9. The van der Waals surface area contributed by atoms with Crippen molar-refractivity contribution < 1.29 is 9.53 Å². The maximum atomic E-state index is 11.9. The van der Waals surface area contributed by atoms with Crippen molar-refractivity contribution in [2.24, 2.45) is 0 Å². The fourth-order valence-electron chi connectivity index (χ4n) is 1.35. The molecule has 16 heavy (non-hydrogen) atoms. The van der Waals surface area contributed by atoms with Crippen LogP contribution in [0.2, 0.25) is 0 Å². The number of hydrogen-bond acceptors (Lipinski definition) is 3. The van der Waals surface area contributed by atoms with Gasteiger partial charge in [0.1, 0.15) is 5.56 Å². The van der Waals surface area contributed by atoms with Crippen LogP contribution in [0.3, 0.4) is 0 Å². The number of hydrogen-bond donors (Lipinski definition) is 0. The molecule has 1 aromatic rings. The van der Waals surface area contributed by atoms with E-state index in [9.17, 15) is 9.59 Å². The minimum absolute atomic E-state index is 0.0629. The molecule has 0 aliphatic rings. The third kappa shape index (κ3) is 2.95. The highest BCUT2D eigenvalue weighted by Crippen LogP contribution is 2.10. The van der Waals surface area contributed by atoms with Crippen LogP contribution in [0, 0.1) is 0 Å². The summed E-state index contributed by atoms with van der Waals surface area (Å²) < 4.78 is 6.78. The Morgan fingerprint density at radius 2 is 2.25 bits per heavy atom. The molecule has 1 rings (SSSR count). The Morgan fingerprint density at radius 3 is 2.81 bits per heavy atom. The summed E-state index contributed by atoms with van der Waals surface area (Å²) in [6.45, 7) is 2.66. The molecule has 0 spiro atoms. The van der Waals surface area contributed by atoms with Gasteiger partial charge in [0.2, 0.25) is 0 Å². The quantitative estimate of drug-likeness (QED) is 0.798. The first-order chi connectivity index (χ1) is 7.60. The number of unbranched alkanes of at least 4 members (excludes halogenated alkanes) is 1. The fourth-order valence-corrected chi connectivity index (χ4v) is 1.83. The van der Waals surface area contributed by atoms with Crippen LogP contribution >= 0.6 is 15.9 Å². The number of carbonyl (C=O) groups excluding carboxylic acids is 1. The lowest BCUT2D eigenvalue weighted by molar-refractivity contribution is 0.0598. The largest absolute Gasteiger partial charge is 0.465 e. The third-order valence-electron chi connectivity index (χ3n) is 2.21. The first-order valence-electron chi connectivity index (χ1n) is 5.08. The van der Waals surface area contributed by atoms with E-state index in [0.29, 0.717) is 11.0 Å². The molecule has 0 saturated carbocycles. The highest BCUT2D eigenvalue weighted by molar-refractivity contribution is 9.10. The second-order valence-corrected chi connectivity index (χ2v) is 4.33. The average Bonchev–Trinajstić information content (AvgIpc) is 2.28. The minimum atomic E-state index is -0.600. The molecule has 0 bridgehead atoms. The second-order valence-electron chi connectivity index (χ2n) is 3.42. The highest BCUT2D eigenvalue weighted by atomic mass is 79.9. The third-order valence-corrected chi connectivity index (χ3v) is 2.64. The number of ether oxygens (including phenoxy) is 1. The number of nitrogens with zero attached hydrogens (tertiary/aromatic N) is 1. The molecule has 0 fully saturated rings. The number of esters is 1. The summed E-state index contributed by atoms with van der Waals surface area (Å²) in [7, 11) is 1.26. The van der Waals surface area contributed by atoms with Crippen molar-refractivity contribution in [3.8, 4) is 0 Å². The van der Waals surface area contributed by atoms with Gasteiger partial charge in [-0.2, -0.15) is 0 Å². The van der Waals surface area contributed by atoms with Crippen LogP contribution in [0.25, 0.3) is 0 Å². The number of methoxy groups -OCH3 is 1. The molecular weight excluding hydrogens is 274 g/mol. The van der Waals surface area contributed by atoms with E-state index >= 15 is 0 Å². The summed E-state index contributed by atoms with van der Waals surface area (Å²) in [5.74, 6) is -0.600. The van der Waals surface area contributed by atoms with E-state index in [0.717, 1.165) is 12.8 Å². The standard InChI is InChI=1S/C11H14BrNO3/c1-3-4-5-13-7-8(12)6-9(10(13)14)11(15)16-2/h6-7H,3-5H2,1-2H3. The van der Waals surface area contributed by atoms with Crippen LogP contribution in [0.15, 0.2) is 21.5 Å². The van der Waals surface area contributed by atoms with E-state index in [2.05, 4.69) is 20.7 Å². The van der Waals surface area contributed by atoms with Crippen molar-refractivity contribution in [3.05, 3.63) is 32.7 Å². The van der Waals surface area contributed by atoms with Crippen molar-refractivity contribution in [1.82, 2.24) is 4.57 Å². The van der Waals surface area contributed by atoms with Crippen LogP contribution in [0.4, 0.5) is 0 Å². The molecule has 0 aliphatic heterocycles. The lowest BCUT2D eigenvalue weighted by Gasteiger charge is -2.07. The van der Waals surface area contributed by atoms with Crippen molar-refractivity contribution in [3.63, 3.8) is 0 Å². The van der Waals surface area contributed by atoms with Gasteiger partial charge in [-0.05, 0) is 28.4 Å². The van der Waals surface area contributed by atoms with Crippen molar-refractivity contribution in [2.75, 3.05) is 7.11 Å². The van der Waals surface area contributed by atoms with Gasteiger partial charge in [-0.1, -0.05) is 13.3 Å². The molecule has 1 heterocycles. The molecule has 0 radical (unpaired) electrons. The van der Waals surface area contributed by atoms with Crippen molar-refractivity contribution in [2.45, 2.75) is 26.3 Å². The van der Waals surface area contributed by atoms with Crippen molar-refractivity contribution in [1.29, 1.82) is 0 Å². The molecule has 4 nitrogen and oxygen atoms in total. The summed E-state index contributed by atoms with van der Waals surface area (Å²) in [6, 6.07) is 1.48. The smallest absolute Gasteiger partial charge is 0.343 e. The van der Waals surface area contributed by atoms with Crippen LogP contribution in [0.1, 0.15) is 30.1 Å². The molecule has 0 amide bonds. The molecule has 0 N–H and O–H groups in total. The summed E-state index contributed by atoms with van der Waals surface area (Å²) in [5.41, 5.74) is -0.239. The van der Waals surface area contributed by atoms with Gasteiger partial charge in [-0.15, -0.1) is 0 Å². The molecule has 5 heteroatoms. The Labute approximate surface area is 102 Å². The zero-order valence-corrected chi connectivity index (χ0v) is 10.9. The van der Waals surface area contributed by atoms with E-state index < -0.39 is 5.97 Å². The predicted molar refractivity (Wildman–Crippen MR) is 64.6 cm³/mol. The lowest BCUT2D eigenvalue weighted by Crippen LogP contribution is -2.26. The number of pyridine rings is 1. The molecule has 88 valence electrons. The van der Waals surface area contributed by atoms with Crippen LogP contribution < -0.4 is 5.56 Å². The number of carbonyl (C=O) groups is 1. The number of aromatic nitrogens is 1. The van der Waals surface area contributed by atoms with E-state index in [1.807, 2.05) is 6.92 Å². The van der Waals surface area contributed by atoms with Gasteiger partial charge in [0.15, 0.2) is 0 Å². The summed E-state index contributed by atoms with van der Waals surface area (Å²) in [6.07, 6.45) is 3.58. The SMILES string of the molecule is CCCCn1cc(Br)cc(C(=O)OC)c1=O. The van der Waals surface area contributed by atoms with Gasteiger partial charge in [-0.3, -0.25) is 4.79 Å². The van der Waals surface area contributed by atoms with Gasteiger partial charge in [0.05, 0.1) is 7.11 Å². The first kappa shape index (κ1) is 13.0. The number of halogens is 1. The van der Waals surface area contributed by atoms with Crippen molar-refractivity contribution >= 4 is 21.9 Å². The van der Waals surface area contributed by atoms with E-state index in [4.69, 9.17) is 0 Å². The van der Waals surface area contributed by atoms with Gasteiger partial charge in [0.25, 0.3) is 5.56 Å². The van der Waals surface area contributed by atoms with Gasteiger partial charge in [0, 0.05) is 17.2 Å². The molecule has 0 aromatic carbocycles. The fraction of sp³-hybridized carbons (Fsp3) is 0.455. The number of aryl methyl sites for hydroxylation is 1. The zero-order chi connectivity index (χ0) is 12.1. The van der Waals surface area contributed by atoms with Gasteiger partial charge in [-0.25, -0.2) is 4.79 Å². The van der Waals surface area contributed by atoms with E-state index in [1.54, 1.807) is 6.20 Å². The van der Waals surface area contributed by atoms with E-state index in [1.165, 1.54) is 17.7 Å². The second kappa shape index (κ2) is 5.84. The number of rotatable bonds is 4. The van der Waals surface area contributed by atoms with E-state index in [-0.39, 0.29) is 11.1 Å². The Hall–Kier alpha value is -1.10. The normalized spacial score (nSPS) is 10.2.